The van der Waals surface area contributed by atoms with Gasteiger partial charge in [0.15, 0.2) is 9.84 Å². The fourth-order valence-electron chi connectivity index (χ4n) is 2.47. The van der Waals surface area contributed by atoms with Gasteiger partial charge in [0.1, 0.15) is 15.2 Å². The smallest absolute Gasteiger partial charge is 0.261 e. The van der Waals surface area contributed by atoms with Crippen LogP contribution in [0.1, 0.15) is 20.5 Å². The van der Waals surface area contributed by atoms with Crippen LogP contribution in [0.5, 0.6) is 5.75 Å². The minimum Gasteiger partial charge on any atom is -0.497 e. The molecule has 26 heavy (non-hydrogen) atoms. The zero-order valence-electron chi connectivity index (χ0n) is 13.9. The van der Waals surface area contributed by atoms with Gasteiger partial charge in [0.05, 0.1) is 12.0 Å². The van der Waals surface area contributed by atoms with Crippen LogP contribution < -0.4 is 10.1 Å². The van der Waals surface area contributed by atoms with Crippen LogP contribution in [-0.2, 0) is 9.84 Å². The largest absolute Gasteiger partial charge is 0.497 e. The van der Waals surface area contributed by atoms with Gasteiger partial charge in [-0.1, -0.05) is 24.3 Å². The van der Waals surface area contributed by atoms with E-state index >= 15 is 0 Å². The third-order valence-electron chi connectivity index (χ3n) is 3.83. The molecule has 1 aromatic carbocycles. The lowest BCUT2D eigenvalue weighted by molar-refractivity contribution is 0.0957. The van der Waals surface area contributed by atoms with Crippen molar-refractivity contribution in [3.8, 4) is 5.75 Å². The van der Waals surface area contributed by atoms with Crippen molar-refractivity contribution in [3.63, 3.8) is 0 Å². The second-order valence-corrected chi connectivity index (χ2v) is 9.68. The molecule has 0 aliphatic heterocycles. The van der Waals surface area contributed by atoms with Gasteiger partial charge in [-0.2, -0.15) is 0 Å². The van der Waals surface area contributed by atoms with E-state index in [1.165, 1.54) is 22.7 Å². The van der Waals surface area contributed by atoms with Gasteiger partial charge in [0.25, 0.3) is 5.91 Å². The van der Waals surface area contributed by atoms with Crippen LogP contribution in [0.15, 0.2) is 63.5 Å². The molecule has 1 amide bonds. The summed E-state index contributed by atoms with van der Waals surface area (Å²) in [5.74, 6) is 0.364. The molecule has 3 aromatic rings. The Bertz CT molecular complexity index is 947. The summed E-state index contributed by atoms with van der Waals surface area (Å²) in [5.41, 5.74) is 0.602. The average Bonchev–Trinajstić information content (AvgIpc) is 3.36. The molecule has 0 bridgehead atoms. The highest BCUT2D eigenvalue weighted by molar-refractivity contribution is 7.93. The van der Waals surface area contributed by atoms with Crippen molar-refractivity contribution in [2.24, 2.45) is 0 Å². The molecule has 5 nitrogen and oxygen atoms in total. The molecule has 1 N–H and O–H groups in total. The van der Waals surface area contributed by atoms with Crippen LogP contribution in [-0.4, -0.2) is 28.0 Å². The number of methoxy groups -OCH3 is 1. The van der Waals surface area contributed by atoms with Crippen molar-refractivity contribution in [3.05, 3.63) is 69.7 Å². The first kappa shape index (κ1) is 18.6. The van der Waals surface area contributed by atoms with E-state index in [1.54, 1.807) is 66.4 Å². The molecular formula is C18H17NO4S3. The van der Waals surface area contributed by atoms with E-state index in [1.807, 2.05) is 0 Å². The van der Waals surface area contributed by atoms with E-state index in [0.717, 1.165) is 0 Å². The summed E-state index contributed by atoms with van der Waals surface area (Å²) in [6.45, 7) is -0.0106. The number of carbonyl (C=O) groups excluding carboxylic acids is 1. The zero-order chi connectivity index (χ0) is 18.6. The Hall–Kier alpha value is -2.16. The number of ether oxygens (including phenoxy) is 1. The predicted octanol–water partition coefficient (Wildman–Crippen LogP) is 3.76. The highest BCUT2D eigenvalue weighted by Crippen LogP contribution is 2.32. The van der Waals surface area contributed by atoms with Crippen molar-refractivity contribution in [2.45, 2.75) is 9.46 Å². The predicted molar refractivity (Wildman–Crippen MR) is 104 cm³/mol. The second kappa shape index (κ2) is 8.03. The molecule has 8 heteroatoms. The Morgan fingerprint density at radius 1 is 1.08 bits per heavy atom. The van der Waals surface area contributed by atoms with Crippen LogP contribution >= 0.6 is 22.7 Å². The van der Waals surface area contributed by atoms with Crippen LogP contribution in [0.25, 0.3) is 0 Å². The monoisotopic (exact) mass is 407 g/mol. The fraction of sp³-hybridized carbons (Fsp3) is 0.167. The van der Waals surface area contributed by atoms with Crippen molar-refractivity contribution < 1.29 is 17.9 Å². The van der Waals surface area contributed by atoms with Crippen LogP contribution in [0.4, 0.5) is 0 Å². The molecule has 3 rings (SSSR count). The maximum absolute atomic E-state index is 13.1. The van der Waals surface area contributed by atoms with Gasteiger partial charge < -0.3 is 10.1 Å². The highest BCUT2D eigenvalue weighted by Gasteiger charge is 2.30. The molecule has 0 radical (unpaired) electrons. The normalized spacial score (nSPS) is 12.5. The summed E-state index contributed by atoms with van der Waals surface area (Å²) in [6, 6.07) is 13.6. The maximum Gasteiger partial charge on any atom is 0.261 e. The first-order valence-electron chi connectivity index (χ1n) is 7.75. The number of carbonyl (C=O) groups is 1. The lowest BCUT2D eigenvalue weighted by atomic mass is 10.1. The first-order chi connectivity index (χ1) is 12.5. The summed E-state index contributed by atoms with van der Waals surface area (Å²) in [6.07, 6.45) is 0. The minimum absolute atomic E-state index is 0.0106. The Morgan fingerprint density at radius 2 is 1.77 bits per heavy atom. The summed E-state index contributed by atoms with van der Waals surface area (Å²) in [4.78, 5) is 12.8. The lowest BCUT2D eigenvalue weighted by Crippen LogP contribution is -2.31. The third-order valence-corrected chi connectivity index (χ3v) is 8.23. The molecule has 0 saturated heterocycles. The van der Waals surface area contributed by atoms with Gasteiger partial charge in [-0.25, -0.2) is 8.42 Å². The molecule has 1 atom stereocenters. The van der Waals surface area contributed by atoms with Gasteiger partial charge in [-0.05, 0) is 40.6 Å². The van der Waals surface area contributed by atoms with E-state index in [9.17, 15) is 13.2 Å². The summed E-state index contributed by atoms with van der Waals surface area (Å²) < 4.78 is 31.6. The minimum atomic E-state index is -3.63. The summed E-state index contributed by atoms with van der Waals surface area (Å²) >= 11 is 2.48. The first-order valence-corrected chi connectivity index (χ1v) is 11.1. The third kappa shape index (κ3) is 3.98. The van der Waals surface area contributed by atoms with Gasteiger partial charge >= 0.3 is 0 Å². The highest BCUT2D eigenvalue weighted by atomic mass is 32.2. The van der Waals surface area contributed by atoms with E-state index < -0.39 is 15.1 Å². The van der Waals surface area contributed by atoms with Crippen molar-refractivity contribution in [1.82, 2.24) is 5.32 Å². The second-order valence-electron chi connectivity index (χ2n) is 5.43. The number of amides is 1. The molecule has 0 spiro atoms. The van der Waals surface area contributed by atoms with E-state index in [4.69, 9.17) is 4.74 Å². The molecule has 0 aliphatic carbocycles. The SMILES string of the molecule is COc1ccc([C@@H](CNC(=O)c2cccs2)S(=O)(=O)c2cccs2)cc1. The van der Waals surface area contributed by atoms with Gasteiger partial charge in [0, 0.05) is 6.54 Å². The maximum atomic E-state index is 13.1. The lowest BCUT2D eigenvalue weighted by Gasteiger charge is -2.18. The standard InChI is InChI=1S/C18H17NO4S3/c1-23-14-8-6-13(7-9-14)16(26(21,22)17-5-3-11-25-17)12-19-18(20)15-4-2-10-24-15/h2-11,16H,12H2,1H3,(H,19,20)/t16-/m1/s1. The molecule has 2 aromatic heterocycles. The Morgan fingerprint density at radius 3 is 2.35 bits per heavy atom. The number of thiophene rings is 2. The van der Waals surface area contributed by atoms with Gasteiger partial charge in [-0.15, -0.1) is 22.7 Å². The van der Waals surface area contributed by atoms with Crippen molar-refractivity contribution in [1.29, 1.82) is 0 Å². The number of nitrogens with one attached hydrogen (secondary N) is 1. The molecule has 2 heterocycles. The average molecular weight is 408 g/mol. The van der Waals surface area contributed by atoms with Gasteiger partial charge in [0.2, 0.25) is 0 Å². The van der Waals surface area contributed by atoms with E-state index in [2.05, 4.69) is 5.32 Å². The Kier molecular flexibility index (Phi) is 5.75. The molecule has 0 fully saturated rings. The number of hydrogen-bond acceptors (Lipinski definition) is 6. The Balaban J connectivity index is 1.89. The fourth-order valence-corrected chi connectivity index (χ4v) is 5.98. The van der Waals surface area contributed by atoms with E-state index in [0.29, 0.717) is 16.2 Å². The summed E-state index contributed by atoms with van der Waals surface area (Å²) in [5, 5.41) is 5.40. The number of hydrogen-bond donors (Lipinski definition) is 1. The molecular weight excluding hydrogens is 390 g/mol. The number of rotatable bonds is 7. The molecule has 0 unspecified atom stereocenters. The zero-order valence-corrected chi connectivity index (χ0v) is 16.4. The van der Waals surface area contributed by atoms with Gasteiger partial charge in [-0.3, -0.25) is 4.79 Å². The number of sulfone groups is 1. The quantitative estimate of drug-likeness (QED) is 0.647. The van der Waals surface area contributed by atoms with Crippen LogP contribution in [0.3, 0.4) is 0 Å². The summed E-state index contributed by atoms with van der Waals surface area (Å²) in [7, 11) is -2.08. The van der Waals surface area contributed by atoms with Crippen molar-refractivity contribution in [2.75, 3.05) is 13.7 Å². The molecule has 0 saturated carbocycles. The molecule has 0 aliphatic rings. The molecule has 136 valence electrons. The van der Waals surface area contributed by atoms with Crippen LogP contribution in [0.2, 0.25) is 0 Å². The topological polar surface area (TPSA) is 72.5 Å². The van der Waals surface area contributed by atoms with Crippen LogP contribution in [0, 0.1) is 0 Å². The van der Waals surface area contributed by atoms with Crippen molar-refractivity contribution >= 4 is 38.4 Å². The Labute approximate surface area is 160 Å². The number of benzene rings is 1. The van der Waals surface area contributed by atoms with E-state index in [-0.39, 0.29) is 16.7 Å².